The second-order valence-electron chi connectivity index (χ2n) is 9.23. The van der Waals surface area contributed by atoms with Crippen molar-refractivity contribution in [1.29, 1.82) is 0 Å². The van der Waals surface area contributed by atoms with E-state index in [1.54, 1.807) is 42.5 Å². The lowest BCUT2D eigenvalue weighted by Crippen LogP contribution is -2.47. The van der Waals surface area contributed by atoms with Crippen molar-refractivity contribution in [2.45, 2.75) is 25.7 Å². The summed E-state index contributed by atoms with van der Waals surface area (Å²) >= 11 is 0. The molecule has 4 aromatic carbocycles. The summed E-state index contributed by atoms with van der Waals surface area (Å²) in [5.74, 6) is -0.457. The zero-order valence-corrected chi connectivity index (χ0v) is 22.7. The molecule has 0 fully saturated rings. The number of methoxy groups -OCH3 is 1. The minimum atomic E-state index is -0.973. The van der Waals surface area contributed by atoms with Crippen LogP contribution in [0.25, 0.3) is 0 Å². The van der Waals surface area contributed by atoms with Gasteiger partial charge in [0.15, 0.2) is 11.5 Å². The molecule has 8 heteroatoms. The van der Waals surface area contributed by atoms with Crippen LogP contribution in [0.4, 0.5) is 0 Å². The topological polar surface area (TPSA) is 103 Å². The van der Waals surface area contributed by atoms with Crippen molar-refractivity contribution in [1.82, 2.24) is 10.6 Å². The van der Waals surface area contributed by atoms with Gasteiger partial charge in [-0.1, -0.05) is 84.9 Å². The van der Waals surface area contributed by atoms with Gasteiger partial charge in [-0.2, -0.15) is 0 Å². The van der Waals surface area contributed by atoms with Gasteiger partial charge >= 0.3 is 5.97 Å². The van der Waals surface area contributed by atoms with Crippen molar-refractivity contribution in [3.8, 4) is 11.5 Å². The second-order valence-corrected chi connectivity index (χ2v) is 9.23. The molecule has 0 aliphatic carbocycles. The number of rotatable bonds is 13. The molecule has 0 aliphatic heterocycles. The van der Waals surface area contributed by atoms with Crippen LogP contribution in [0, 0.1) is 0 Å². The van der Waals surface area contributed by atoms with Crippen LogP contribution in [-0.4, -0.2) is 37.5 Å². The zero-order chi connectivity index (χ0) is 28.9. The van der Waals surface area contributed by atoms with Crippen LogP contribution in [0.1, 0.15) is 27.0 Å². The lowest BCUT2D eigenvalue weighted by atomic mass is 10.0. The minimum absolute atomic E-state index is 0.145. The molecular weight excluding hydrogens is 520 g/mol. The number of carbonyl (C=O) groups excluding carboxylic acids is 3. The molecule has 0 heterocycles. The summed E-state index contributed by atoms with van der Waals surface area (Å²) in [5.41, 5.74) is 3.16. The van der Waals surface area contributed by atoms with Gasteiger partial charge in [-0.05, 0) is 41.0 Å². The fourth-order valence-electron chi connectivity index (χ4n) is 4.05. The monoisotopic (exact) mass is 552 g/mol. The van der Waals surface area contributed by atoms with Gasteiger partial charge in [0.1, 0.15) is 19.3 Å². The zero-order valence-electron chi connectivity index (χ0n) is 22.7. The second kappa shape index (κ2) is 14.9. The molecule has 2 N–H and O–H groups in total. The molecule has 41 heavy (non-hydrogen) atoms. The highest BCUT2D eigenvalue weighted by Gasteiger charge is 2.23. The van der Waals surface area contributed by atoms with E-state index in [0.29, 0.717) is 30.3 Å². The predicted octanol–water partition coefficient (Wildman–Crippen LogP) is 4.47. The molecule has 210 valence electrons. The molecule has 0 spiro atoms. The molecule has 8 nitrogen and oxygen atoms in total. The number of ether oxygens (including phenoxy) is 3. The Morgan fingerprint density at radius 3 is 1.83 bits per heavy atom. The van der Waals surface area contributed by atoms with Crippen molar-refractivity contribution in [3.05, 3.63) is 131 Å². The summed E-state index contributed by atoms with van der Waals surface area (Å²) in [7, 11) is 1.26. The first-order valence-corrected chi connectivity index (χ1v) is 13.2. The first-order valence-electron chi connectivity index (χ1n) is 13.2. The Morgan fingerprint density at radius 2 is 1.24 bits per heavy atom. The SMILES string of the molecule is COC(=O)[C@H](Cc1ccc(OCc2ccccc2)c(OCc2ccccc2)c1)NC(=O)CNC(=O)c1ccccc1. The number of nitrogens with one attached hydrogen (secondary N) is 2. The molecule has 0 unspecified atom stereocenters. The van der Waals surface area contributed by atoms with Crippen LogP contribution in [0.2, 0.25) is 0 Å². The predicted molar refractivity (Wildman–Crippen MR) is 154 cm³/mol. The molecule has 2 amide bonds. The first kappa shape index (κ1) is 28.9. The van der Waals surface area contributed by atoms with Crippen molar-refractivity contribution < 1.29 is 28.6 Å². The van der Waals surface area contributed by atoms with Gasteiger partial charge in [0, 0.05) is 12.0 Å². The van der Waals surface area contributed by atoms with Gasteiger partial charge in [-0.25, -0.2) is 4.79 Å². The minimum Gasteiger partial charge on any atom is -0.485 e. The lowest BCUT2D eigenvalue weighted by molar-refractivity contribution is -0.144. The maximum Gasteiger partial charge on any atom is 0.328 e. The van der Waals surface area contributed by atoms with Gasteiger partial charge < -0.3 is 24.8 Å². The number of esters is 1. The van der Waals surface area contributed by atoms with Crippen LogP contribution in [-0.2, 0) is 34.0 Å². The Bertz CT molecular complexity index is 1430. The first-order chi connectivity index (χ1) is 20.0. The Morgan fingerprint density at radius 1 is 0.683 bits per heavy atom. The van der Waals surface area contributed by atoms with Gasteiger partial charge in [0.05, 0.1) is 13.7 Å². The fourth-order valence-corrected chi connectivity index (χ4v) is 4.05. The number of amides is 2. The molecule has 0 aromatic heterocycles. The van der Waals surface area contributed by atoms with Crippen molar-refractivity contribution in [3.63, 3.8) is 0 Å². The molecule has 4 rings (SSSR count). The summed E-state index contributed by atoms with van der Waals surface area (Å²) in [4.78, 5) is 37.5. The fraction of sp³-hybridized carbons (Fsp3) is 0.182. The average molecular weight is 553 g/mol. The maximum atomic E-state index is 12.6. The van der Waals surface area contributed by atoms with Crippen LogP contribution >= 0.6 is 0 Å². The van der Waals surface area contributed by atoms with Crippen molar-refractivity contribution in [2.24, 2.45) is 0 Å². The van der Waals surface area contributed by atoms with E-state index in [2.05, 4.69) is 10.6 Å². The molecular formula is C33H32N2O6. The third kappa shape index (κ3) is 8.96. The summed E-state index contributed by atoms with van der Waals surface area (Å²) in [6, 6.07) is 32.5. The van der Waals surface area contributed by atoms with E-state index in [1.165, 1.54) is 7.11 Å². The Kier molecular flexibility index (Phi) is 10.5. The van der Waals surface area contributed by atoms with Gasteiger partial charge in [-0.15, -0.1) is 0 Å². The lowest BCUT2D eigenvalue weighted by Gasteiger charge is -2.19. The molecule has 0 saturated heterocycles. The van der Waals surface area contributed by atoms with Gasteiger partial charge in [-0.3, -0.25) is 9.59 Å². The van der Waals surface area contributed by atoms with E-state index in [-0.39, 0.29) is 18.9 Å². The third-order valence-corrected chi connectivity index (χ3v) is 6.19. The third-order valence-electron chi connectivity index (χ3n) is 6.19. The van der Waals surface area contributed by atoms with E-state index in [1.807, 2.05) is 66.7 Å². The highest BCUT2D eigenvalue weighted by Crippen LogP contribution is 2.30. The summed E-state index contributed by atoms with van der Waals surface area (Å²) in [6.45, 7) is 0.390. The molecule has 0 radical (unpaired) electrons. The standard InChI is InChI=1S/C33H32N2O6/c1-39-33(38)28(35-31(36)21-34-32(37)27-15-9-4-10-16-27)19-26-17-18-29(40-22-24-11-5-2-6-12-24)30(20-26)41-23-25-13-7-3-8-14-25/h2-18,20,28H,19,21-23H2,1H3,(H,34,37)(H,35,36)/t28-/m0/s1. The highest BCUT2D eigenvalue weighted by atomic mass is 16.5. The molecule has 0 aliphatic rings. The normalized spacial score (nSPS) is 11.1. The Hall–Kier alpha value is -5.11. The van der Waals surface area contributed by atoms with E-state index in [4.69, 9.17) is 14.2 Å². The van der Waals surface area contributed by atoms with Crippen LogP contribution < -0.4 is 20.1 Å². The molecule has 1 atom stereocenters. The van der Waals surface area contributed by atoms with E-state index in [0.717, 1.165) is 16.7 Å². The van der Waals surface area contributed by atoms with E-state index in [9.17, 15) is 14.4 Å². The maximum absolute atomic E-state index is 12.6. The van der Waals surface area contributed by atoms with Gasteiger partial charge in [0.25, 0.3) is 5.91 Å². The highest BCUT2D eigenvalue weighted by molar-refractivity contribution is 5.96. The Labute approximate surface area is 239 Å². The molecule has 0 bridgehead atoms. The molecule has 0 saturated carbocycles. The largest absolute Gasteiger partial charge is 0.485 e. The van der Waals surface area contributed by atoms with Crippen LogP contribution in [0.5, 0.6) is 11.5 Å². The number of benzene rings is 4. The van der Waals surface area contributed by atoms with Crippen LogP contribution in [0.3, 0.4) is 0 Å². The Balaban J connectivity index is 1.45. The van der Waals surface area contributed by atoms with E-state index < -0.39 is 17.9 Å². The van der Waals surface area contributed by atoms with Gasteiger partial charge in [0.2, 0.25) is 5.91 Å². The number of hydrogen-bond acceptors (Lipinski definition) is 6. The quantitative estimate of drug-likeness (QED) is 0.237. The average Bonchev–Trinajstić information content (AvgIpc) is 3.02. The molecule has 4 aromatic rings. The van der Waals surface area contributed by atoms with Crippen molar-refractivity contribution in [2.75, 3.05) is 13.7 Å². The van der Waals surface area contributed by atoms with Crippen molar-refractivity contribution >= 4 is 17.8 Å². The number of carbonyl (C=O) groups is 3. The summed E-state index contributed by atoms with van der Waals surface area (Å²) in [6.07, 6.45) is 0.145. The van der Waals surface area contributed by atoms with E-state index >= 15 is 0 Å². The summed E-state index contributed by atoms with van der Waals surface area (Å²) < 4.78 is 17.1. The van der Waals surface area contributed by atoms with Crippen LogP contribution in [0.15, 0.2) is 109 Å². The number of hydrogen-bond donors (Lipinski definition) is 2. The smallest absolute Gasteiger partial charge is 0.328 e. The summed E-state index contributed by atoms with van der Waals surface area (Å²) in [5, 5.41) is 5.22.